The summed E-state index contributed by atoms with van der Waals surface area (Å²) in [6, 6.07) is 4.47. The van der Waals surface area contributed by atoms with Gasteiger partial charge in [0, 0.05) is 19.2 Å². The van der Waals surface area contributed by atoms with Gasteiger partial charge >= 0.3 is 0 Å². The summed E-state index contributed by atoms with van der Waals surface area (Å²) in [6.45, 7) is 3.07. The summed E-state index contributed by atoms with van der Waals surface area (Å²) < 4.78 is 28.2. The number of nitrogens with two attached hydrogens (primary N) is 1. The second-order valence-corrected chi connectivity index (χ2v) is 6.71. The lowest BCUT2D eigenvalue weighted by Gasteiger charge is -2.24. The van der Waals surface area contributed by atoms with Crippen LogP contribution in [0.4, 0.5) is 0 Å². The van der Waals surface area contributed by atoms with Crippen molar-refractivity contribution in [2.45, 2.75) is 30.7 Å². The Morgan fingerprint density at radius 1 is 1.48 bits per heavy atom. The van der Waals surface area contributed by atoms with Crippen LogP contribution >= 0.6 is 0 Å². The molecule has 1 aromatic rings. The molecule has 2 rings (SSSR count). The second kappa shape index (κ2) is 6.13. The summed E-state index contributed by atoms with van der Waals surface area (Å²) >= 11 is 0. The van der Waals surface area contributed by atoms with Gasteiger partial charge in [-0.1, -0.05) is 13.0 Å². The molecule has 0 radical (unpaired) electrons. The number of rotatable bonds is 4. The Labute approximate surface area is 124 Å². The maximum Gasteiger partial charge on any atom is 0.254 e. The van der Waals surface area contributed by atoms with Crippen LogP contribution < -0.4 is 5.14 Å². The third-order valence-corrected chi connectivity index (χ3v) is 4.71. The Bertz CT molecular complexity index is 636. The molecule has 6 nitrogen and oxygen atoms in total. The highest BCUT2D eigenvalue weighted by atomic mass is 32.2. The van der Waals surface area contributed by atoms with Gasteiger partial charge in [0.2, 0.25) is 10.0 Å². The van der Waals surface area contributed by atoms with E-state index in [1.807, 2.05) is 6.92 Å². The predicted octanol–water partition coefficient (Wildman–Crippen LogP) is 0.757. The molecule has 1 saturated heterocycles. The summed E-state index contributed by atoms with van der Waals surface area (Å²) in [7, 11) is -2.11. The number of benzene rings is 1. The van der Waals surface area contributed by atoms with Crippen molar-refractivity contribution in [1.29, 1.82) is 0 Å². The SMILES string of the molecule is CCc1ccc(S(N)(=O)=O)cc1C(=O)N(C)C1CCOC1. The van der Waals surface area contributed by atoms with Gasteiger partial charge in [-0.05, 0) is 30.5 Å². The summed E-state index contributed by atoms with van der Waals surface area (Å²) in [5.41, 5.74) is 1.19. The van der Waals surface area contributed by atoms with Crippen molar-refractivity contribution in [2.75, 3.05) is 20.3 Å². The largest absolute Gasteiger partial charge is 0.379 e. The van der Waals surface area contributed by atoms with E-state index in [2.05, 4.69) is 0 Å². The lowest BCUT2D eigenvalue weighted by Crippen LogP contribution is -2.37. The molecule has 1 aliphatic heterocycles. The average Bonchev–Trinajstić information content (AvgIpc) is 2.98. The first-order valence-corrected chi connectivity index (χ1v) is 8.40. The predicted molar refractivity (Wildman–Crippen MR) is 78.5 cm³/mol. The minimum absolute atomic E-state index is 0.0281. The molecule has 1 aromatic carbocycles. The molecule has 0 aromatic heterocycles. The highest BCUT2D eigenvalue weighted by molar-refractivity contribution is 7.89. The van der Waals surface area contributed by atoms with Crippen molar-refractivity contribution < 1.29 is 17.9 Å². The number of likely N-dealkylation sites (N-methyl/N-ethyl adjacent to an activating group) is 1. The zero-order valence-electron chi connectivity index (χ0n) is 12.2. The van der Waals surface area contributed by atoms with Crippen LogP contribution in [0.1, 0.15) is 29.3 Å². The Kier molecular flexibility index (Phi) is 4.65. The van der Waals surface area contributed by atoms with Crippen LogP contribution in [0.25, 0.3) is 0 Å². The zero-order chi connectivity index (χ0) is 15.6. The van der Waals surface area contributed by atoms with Gasteiger partial charge in [-0.25, -0.2) is 13.6 Å². The van der Waals surface area contributed by atoms with E-state index in [1.54, 1.807) is 18.0 Å². The number of sulfonamides is 1. The fourth-order valence-electron chi connectivity index (χ4n) is 2.42. The lowest BCUT2D eigenvalue weighted by molar-refractivity contribution is 0.0710. The standard InChI is InChI=1S/C14H20N2O4S/c1-3-10-4-5-12(21(15,18)19)8-13(10)14(17)16(2)11-6-7-20-9-11/h4-5,8,11H,3,6-7,9H2,1-2H3,(H2,15,18,19). The number of ether oxygens (including phenoxy) is 1. The van der Waals surface area contributed by atoms with Crippen molar-refractivity contribution in [3.05, 3.63) is 29.3 Å². The molecule has 7 heteroatoms. The Morgan fingerprint density at radius 3 is 2.71 bits per heavy atom. The first-order valence-electron chi connectivity index (χ1n) is 6.85. The minimum Gasteiger partial charge on any atom is -0.379 e. The number of carbonyl (C=O) groups is 1. The molecule has 1 unspecified atom stereocenters. The number of primary sulfonamides is 1. The van der Waals surface area contributed by atoms with E-state index < -0.39 is 10.0 Å². The molecule has 0 bridgehead atoms. The average molecular weight is 312 g/mol. The summed E-state index contributed by atoms with van der Waals surface area (Å²) in [4.78, 5) is 14.2. The van der Waals surface area contributed by atoms with Crippen LogP contribution in [-0.2, 0) is 21.2 Å². The van der Waals surface area contributed by atoms with Crippen LogP contribution in [0.3, 0.4) is 0 Å². The Hall–Kier alpha value is -1.44. The van der Waals surface area contributed by atoms with Crippen molar-refractivity contribution in [3.8, 4) is 0 Å². The highest BCUT2D eigenvalue weighted by Gasteiger charge is 2.26. The molecule has 0 saturated carbocycles. The Balaban J connectivity index is 2.38. The van der Waals surface area contributed by atoms with E-state index in [1.165, 1.54) is 12.1 Å². The number of carbonyl (C=O) groups excluding carboxylic acids is 1. The van der Waals surface area contributed by atoms with Crippen LogP contribution in [0, 0.1) is 0 Å². The van der Waals surface area contributed by atoms with Crippen molar-refractivity contribution in [1.82, 2.24) is 4.90 Å². The smallest absolute Gasteiger partial charge is 0.254 e. The summed E-state index contributed by atoms with van der Waals surface area (Å²) in [5, 5.41) is 5.14. The number of amides is 1. The maximum atomic E-state index is 12.6. The van der Waals surface area contributed by atoms with E-state index in [-0.39, 0.29) is 16.8 Å². The van der Waals surface area contributed by atoms with Gasteiger partial charge in [0.05, 0.1) is 17.5 Å². The fourth-order valence-corrected chi connectivity index (χ4v) is 2.96. The van der Waals surface area contributed by atoms with Gasteiger partial charge in [0.25, 0.3) is 5.91 Å². The second-order valence-electron chi connectivity index (χ2n) is 5.15. The molecule has 21 heavy (non-hydrogen) atoms. The monoisotopic (exact) mass is 312 g/mol. The third-order valence-electron chi connectivity index (χ3n) is 3.79. The van der Waals surface area contributed by atoms with E-state index in [0.29, 0.717) is 25.2 Å². The summed E-state index contributed by atoms with van der Waals surface area (Å²) in [5.74, 6) is -0.201. The third kappa shape index (κ3) is 3.42. The zero-order valence-corrected chi connectivity index (χ0v) is 13.0. The molecule has 1 fully saturated rings. The molecular formula is C14H20N2O4S. The van der Waals surface area contributed by atoms with Gasteiger partial charge in [-0.2, -0.15) is 0 Å². The number of aryl methyl sites for hydroxylation is 1. The van der Waals surface area contributed by atoms with E-state index in [0.717, 1.165) is 12.0 Å². The van der Waals surface area contributed by atoms with Gasteiger partial charge in [-0.15, -0.1) is 0 Å². The van der Waals surface area contributed by atoms with Crippen molar-refractivity contribution in [3.63, 3.8) is 0 Å². The van der Waals surface area contributed by atoms with Gasteiger partial charge in [-0.3, -0.25) is 4.79 Å². The Morgan fingerprint density at radius 2 is 2.19 bits per heavy atom. The first-order chi connectivity index (χ1) is 9.84. The van der Waals surface area contributed by atoms with Gasteiger partial charge in [0.15, 0.2) is 0 Å². The van der Waals surface area contributed by atoms with Crippen molar-refractivity contribution in [2.24, 2.45) is 5.14 Å². The topological polar surface area (TPSA) is 89.7 Å². The van der Waals surface area contributed by atoms with E-state index >= 15 is 0 Å². The number of hydrogen-bond donors (Lipinski definition) is 1. The molecular weight excluding hydrogens is 292 g/mol. The molecule has 0 spiro atoms. The van der Waals surface area contributed by atoms with E-state index in [9.17, 15) is 13.2 Å². The van der Waals surface area contributed by atoms with Crippen LogP contribution in [0.2, 0.25) is 0 Å². The molecule has 1 aliphatic rings. The van der Waals surface area contributed by atoms with Gasteiger partial charge < -0.3 is 9.64 Å². The molecule has 2 N–H and O–H groups in total. The number of hydrogen-bond acceptors (Lipinski definition) is 4. The maximum absolute atomic E-state index is 12.6. The summed E-state index contributed by atoms with van der Waals surface area (Å²) in [6.07, 6.45) is 1.43. The minimum atomic E-state index is -3.82. The lowest BCUT2D eigenvalue weighted by atomic mass is 10.0. The quantitative estimate of drug-likeness (QED) is 0.888. The van der Waals surface area contributed by atoms with Crippen LogP contribution in [0.15, 0.2) is 23.1 Å². The van der Waals surface area contributed by atoms with Gasteiger partial charge in [0.1, 0.15) is 0 Å². The molecule has 1 atom stereocenters. The highest BCUT2D eigenvalue weighted by Crippen LogP contribution is 2.20. The molecule has 116 valence electrons. The fraction of sp³-hybridized carbons (Fsp3) is 0.500. The first kappa shape index (κ1) is 15.9. The number of nitrogens with zero attached hydrogens (tertiary/aromatic N) is 1. The van der Waals surface area contributed by atoms with Crippen LogP contribution in [0.5, 0.6) is 0 Å². The molecule has 1 amide bonds. The molecule has 1 heterocycles. The van der Waals surface area contributed by atoms with Crippen LogP contribution in [-0.4, -0.2) is 45.5 Å². The molecule has 0 aliphatic carbocycles. The van der Waals surface area contributed by atoms with E-state index in [4.69, 9.17) is 9.88 Å². The normalized spacial score (nSPS) is 18.7. The van der Waals surface area contributed by atoms with Crippen molar-refractivity contribution >= 4 is 15.9 Å².